The average Bonchev–Trinajstić information content (AvgIpc) is 3.33. The molecule has 0 spiro atoms. The van der Waals surface area contributed by atoms with Crippen molar-refractivity contribution in [3.05, 3.63) is 58.3 Å². The van der Waals surface area contributed by atoms with Gasteiger partial charge in [-0.25, -0.2) is 0 Å². The van der Waals surface area contributed by atoms with E-state index in [9.17, 15) is 9.59 Å². The lowest BCUT2D eigenvalue weighted by molar-refractivity contribution is 0.0946. The van der Waals surface area contributed by atoms with Crippen LogP contribution < -0.4 is 10.6 Å². The standard InChI is InChI=1S/C16H14BrN3O2/c17-12-3-1-2-4-13(12)20-15(21)10-7-8-18-14(9-10)16(22)19-11-5-6-11/h1-4,7-9,11H,5-6H2,(H,19,22)(H,20,21). The lowest BCUT2D eigenvalue weighted by Crippen LogP contribution is -2.26. The van der Waals surface area contributed by atoms with Crippen molar-refractivity contribution in [1.82, 2.24) is 10.3 Å². The monoisotopic (exact) mass is 359 g/mol. The Morgan fingerprint density at radius 3 is 2.64 bits per heavy atom. The fourth-order valence-electron chi connectivity index (χ4n) is 1.94. The number of anilines is 1. The number of carbonyl (C=O) groups is 2. The van der Waals surface area contributed by atoms with Gasteiger partial charge >= 0.3 is 0 Å². The molecule has 3 rings (SSSR count). The third-order valence-electron chi connectivity index (χ3n) is 3.29. The van der Waals surface area contributed by atoms with Crippen LogP contribution in [0.1, 0.15) is 33.7 Å². The second-order valence-electron chi connectivity index (χ2n) is 5.11. The third-order valence-corrected chi connectivity index (χ3v) is 3.98. The van der Waals surface area contributed by atoms with Gasteiger partial charge in [0.2, 0.25) is 0 Å². The first-order valence-electron chi connectivity index (χ1n) is 6.96. The van der Waals surface area contributed by atoms with Crippen LogP contribution in [0.3, 0.4) is 0 Å². The molecule has 22 heavy (non-hydrogen) atoms. The van der Waals surface area contributed by atoms with E-state index in [1.54, 1.807) is 12.1 Å². The Morgan fingerprint density at radius 1 is 1.14 bits per heavy atom. The smallest absolute Gasteiger partial charge is 0.270 e. The van der Waals surface area contributed by atoms with Gasteiger partial charge in [-0.15, -0.1) is 0 Å². The fourth-order valence-corrected chi connectivity index (χ4v) is 2.32. The Hall–Kier alpha value is -2.21. The normalized spacial score (nSPS) is 13.5. The summed E-state index contributed by atoms with van der Waals surface area (Å²) in [5.41, 5.74) is 1.33. The molecular weight excluding hydrogens is 346 g/mol. The molecule has 1 heterocycles. The molecule has 0 saturated heterocycles. The summed E-state index contributed by atoms with van der Waals surface area (Å²) in [5.74, 6) is -0.521. The van der Waals surface area contributed by atoms with Crippen LogP contribution in [0.25, 0.3) is 0 Å². The molecule has 2 N–H and O–H groups in total. The van der Waals surface area contributed by atoms with Crippen LogP contribution in [0.15, 0.2) is 47.1 Å². The van der Waals surface area contributed by atoms with Crippen LogP contribution in [0.5, 0.6) is 0 Å². The Labute approximate surface area is 136 Å². The number of benzene rings is 1. The highest BCUT2D eigenvalue weighted by molar-refractivity contribution is 9.10. The summed E-state index contributed by atoms with van der Waals surface area (Å²) in [7, 11) is 0. The first kappa shape index (κ1) is 14.7. The van der Waals surface area contributed by atoms with Crippen LogP contribution >= 0.6 is 15.9 Å². The molecule has 5 nitrogen and oxygen atoms in total. The molecule has 1 aliphatic rings. The number of pyridine rings is 1. The van der Waals surface area contributed by atoms with Gasteiger partial charge in [0.25, 0.3) is 11.8 Å². The van der Waals surface area contributed by atoms with E-state index >= 15 is 0 Å². The SMILES string of the molecule is O=C(Nc1ccccc1Br)c1ccnc(C(=O)NC2CC2)c1. The maximum atomic E-state index is 12.3. The van der Waals surface area contributed by atoms with Crippen molar-refractivity contribution in [1.29, 1.82) is 0 Å². The zero-order valence-corrected chi connectivity index (χ0v) is 13.3. The van der Waals surface area contributed by atoms with Crippen molar-refractivity contribution in [2.75, 3.05) is 5.32 Å². The van der Waals surface area contributed by atoms with E-state index in [-0.39, 0.29) is 23.6 Å². The summed E-state index contributed by atoms with van der Waals surface area (Å²) >= 11 is 3.38. The summed E-state index contributed by atoms with van der Waals surface area (Å²) in [4.78, 5) is 28.3. The van der Waals surface area contributed by atoms with Crippen molar-refractivity contribution >= 4 is 33.4 Å². The summed E-state index contributed by atoms with van der Waals surface area (Å²) in [6.07, 6.45) is 3.48. The average molecular weight is 360 g/mol. The van der Waals surface area contributed by atoms with Crippen LogP contribution in [0, 0.1) is 0 Å². The molecule has 1 saturated carbocycles. The predicted octanol–water partition coefficient (Wildman–Crippen LogP) is 2.99. The van der Waals surface area contributed by atoms with Crippen molar-refractivity contribution < 1.29 is 9.59 Å². The molecule has 2 aromatic rings. The van der Waals surface area contributed by atoms with Gasteiger partial charge in [-0.1, -0.05) is 12.1 Å². The van der Waals surface area contributed by atoms with E-state index in [1.165, 1.54) is 12.3 Å². The number of nitrogens with zero attached hydrogens (tertiary/aromatic N) is 1. The van der Waals surface area contributed by atoms with Gasteiger partial charge in [-0.05, 0) is 53.0 Å². The Bertz CT molecular complexity index is 729. The Balaban J connectivity index is 1.75. The lowest BCUT2D eigenvalue weighted by atomic mass is 10.2. The van der Waals surface area contributed by atoms with E-state index in [1.807, 2.05) is 18.2 Å². The molecule has 1 fully saturated rings. The molecule has 0 radical (unpaired) electrons. The summed E-state index contributed by atoms with van der Waals surface area (Å²) in [6, 6.07) is 10.7. The van der Waals surface area contributed by atoms with E-state index < -0.39 is 0 Å². The van der Waals surface area contributed by atoms with Gasteiger partial charge in [0.15, 0.2) is 0 Å². The predicted molar refractivity (Wildman–Crippen MR) is 86.8 cm³/mol. The van der Waals surface area contributed by atoms with Crippen molar-refractivity contribution in [2.24, 2.45) is 0 Å². The third kappa shape index (κ3) is 3.51. The highest BCUT2D eigenvalue weighted by atomic mass is 79.9. The Morgan fingerprint density at radius 2 is 1.91 bits per heavy atom. The lowest BCUT2D eigenvalue weighted by Gasteiger charge is -2.08. The van der Waals surface area contributed by atoms with Crippen molar-refractivity contribution in [3.8, 4) is 0 Å². The molecule has 112 valence electrons. The zero-order valence-electron chi connectivity index (χ0n) is 11.7. The summed E-state index contributed by atoms with van der Waals surface area (Å²) in [6.45, 7) is 0. The van der Waals surface area contributed by atoms with Gasteiger partial charge in [-0.2, -0.15) is 0 Å². The molecule has 2 amide bonds. The van der Waals surface area contributed by atoms with Gasteiger partial charge < -0.3 is 10.6 Å². The highest BCUT2D eigenvalue weighted by Crippen LogP contribution is 2.22. The quantitative estimate of drug-likeness (QED) is 0.881. The van der Waals surface area contributed by atoms with Crippen LogP contribution in [0.2, 0.25) is 0 Å². The van der Waals surface area contributed by atoms with Crippen LogP contribution in [0.4, 0.5) is 5.69 Å². The second-order valence-corrected chi connectivity index (χ2v) is 5.97. The molecule has 0 bridgehead atoms. The number of aromatic nitrogens is 1. The van der Waals surface area contributed by atoms with Gasteiger partial charge in [-0.3, -0.25) is 14.6 Å². The van der Waals surface area contributed by atoms with Crippen LogP contribution in [-0.2, 0) is 0 Å². The van der Waals surface area contributed by atoms with Crippen molar-refractivity contribution in [2.45, 2.75) is 18.9 Å². The minimum Gasteiger partial charge on any atom is -0.348 e. The fraction of sp³-hybridized carbons (Fsp3) is 0.188. The molecule has 1 aliphatic carbocycles. The molecule has 0 aliphatic heterocycles. The van der Waals surface area contributed by atoms with Crippen molar-refractivity contribution in [3.63, 3.8) is 0 Å². The summed E-state index contributed by atoms with van der Waals surface area (Å²) < 4.78 is 0.795. The van der Waals surface area contributed by atoms with E-state index in [4.69, 9.17) is 0 Å². The number of rotatable bonds is 4. The first-order chi connectivity index (χ1) is 10.6. The topological polar surface area (TPSA) is 71.1 Å². The maximum Gasteiger partial charge on any atom is 0.270 e. The number of halogens is 1. The molecule has 1 aromatic heterocycles. The highest BCUT2D eigenvalue weighted by Gasteiger charge is 2.24. The van der Waals surface area contributed by atoms with E-state index in [2.05, 4.69) is 31.5 Å². The maximum absolute atomic E-state index is 12.3. The second kappa shape index (κ2) is 6.27. The molecule has 0 atom stereocenters. The zero-order chi connectivity index (χ0) is 15.5. The number of hydrogen-bond donors (Lipinski definition) is 2. The first-order valence-corrected chi connectivity index (χ1v) is 7.75. The summed E-state index contributed by atoms with van der Waals surface area (Å²) in [5, 5.41) is 5.65. The number of para-hydroxylation sites is 1. The number of amides is 2. The minimum absolute atomic E-state index is 0.238. The number of carbonyl (C=O) groups excluding carboxylic acids is 2. The number of nitrogens with one attached hydrogen (secondary N) is 2. The molecule has 0 unspecified atom stereocenters. The molecular formula is C16H14BrN3O2. The van der Waals surface area contributed by atoms with E-state index in [0.717, 1.165) is 17.3 Å². The molecule has 1 aromatic carbocycles. The van der Waals surface area contributed by atoms with Gasteiger partial charge in [0, 0.05) is 22.3 Å². The van der Waals surface area contributed by atoms with Gasteiger partial charge in [0.1, 0.15) is 5.69 Å². The van der Waals surface area contributed by atoms with Gasteiger partial charge in [0.05, 0.1) is 5.69 Å². The molecule has 6 heteroatoms. The van der Waals surface area contributed by atoms with E-state index in [0.29, 0.717) is 11.3 Å². The number of hydrogen-bond acceptors (Lipinski definition) is 3. The van der Waals surface area contributed by atoms with Crippen LogP contribution in [-0.4, -0.2) is 22.8 Å². The Kier molecular flexibility index (Phi) is 4.20. The minimum atomic E-state index is -0.283. The largest absolute Gasteiger partial charge is 0.348 e.